The highest BCUT2D eigenvalue weighted by Crippen LogP contribution is 2.07. The fourth-order valence-corrected chi connectivity index (χ4v) is 1.56. The first kappa shape index (κ1) is 9.86. The molecule has 0 aliphatic heterocycles. The second-order valence-electron chi connectivity index (χ2n) is 3.33. The Morgan fingerprint density at radius 2 is 2.13 bits per heavy atom. The van der Waals surface area contributed by atoms with E-state index in [-0.39, 0.29) is 12.0 Å². The molecule has 2 rings (SSSR count). The fourth-order valence-electron chi connectivity index (χ4n) is 1.56. The Labute approximate surface area is 86.8 Å². The van der Waals surface area contributed by atoms with Crippen molar-refractivity contribution in [3.8, 4) is 0 Å². The molecule has 2 aromatic rings. The highest BCUT2D eigenvalue weighted by atomic mass is 16.3. The topological polar surface area (TPSA) is 55.1 Å². The van der Waals surface area contributed by atoms with Gasteiger partial charge in [0.05, 0.1) is 11.7 Å². The second-order valence-corrected chi connectivity index (χ2v) is 3.33. The Kier molecular flexibility index (Phi) is 2.78. The minimum atomic E-state index is -0.0640. The van der Waals surface area contributed by atoms with Crippen LogP contribution < -0.4 is 5.43 Å². The molecule has 0 aliphatic rings. The summed E-state index contributed by atoms with van der Waals surface area (Å²) in [6.45, 7) is 0.749. The van der Waals surface area contributed by atoms with Crippen molar-refractivity contribution in [3.05, 3.63) is 40.7 Å². The Morgan fingerprint density at radius 3 is 2.93 bits per heavy atom. The molecule has 0 saturated carbocycles. The standard InChI is InChI=1S/C11H12N2O2/c14-7-3-6-13-10-5-2-1-4-9(10)11(15)8-12-13/h1-2,4-5,8,14H,3,6-7H2. The molecule has 0 spiro atoms. The number of hydrogen-bond acceptors (Lipinski definition) is 3. The van der Waals surface area contributed by atoms with Gasteiger partial charge in [0.2, 0.25) is 5.43 Å². The number of rotatable bonds is 3. The molecule has 0 aliphatic carbocycles. The monoisotopic (exact) mass is 204 g/mol. The number of hydrogen-bond donors (Lipinski definition) is 1. The van der Waals surface area contributed by atoms with Crippen LogP contribution in [-0.4, -0.2) is 21.5 Å². The number of fused-ring (bicyclic) bond motifs is 1. The van der Waals surface area contributed by atoms with Gasteiger partial charge in [0.25, 0.3) is 0 Å². The van der Waals surface area contributed by atoms with Crippen molar-refractivity contribution in [1.29, 1.82) is 0 Å². The molecule has 0 bridgehead atoms. The van der Waals surface area contributed by atoms with Crippen LogP contribution in [0.25, 0.3) is 10.9 Å². The Bertz CT molecular complexity index is 519. The van der Waals surface area contributed by atoms with Gasteiger partial charge in [-0.25, -0.2) is 0 Å². The number of benzene rings is 1. The van der Waals surface area contributed by atoms with E-state index in [9.17, 15) is 4.79 Å². The summed E-state index contributed by atoms with van der Waals surface area (Å²) in [6.07, 6.45) is 1.96. The third kappa shape index (κ3) is 1.89. The molecule has 1 aromatic carbocycles. The Balaban J connectivity index is 2.56. The van der Waals surface area contributed by atoms with E-state index in [2.05, 4.69) is 5.10 Å². The summed E-state index contributed by atoms with van der Waals surface area (Å²) in [6, 6.07) is 7.36. The molecule has 15 heavy (non-hydrogen) atoms. The number of aliphatic hydroxyl groups excluding tert-OH is 1. The highest BCUT2D eigenvalue weighted by Gasteiger charge is 2.01. The van der Waals surface area contributed by atoms with Crippen LogP contribution in [0.15, 0.2) is 35.3 Å². The van der Waals surface area contributed by atoms with Crippen molar-refractivity contribution >= 4 is 10.9 Å². The minimum absolute atomic E-state index is 0.0640. The first-order valence-corrected chi connectivity index (χ1v) is 4.88. The zero-order valence-electron chi connectivity index (χ0n) is 8.26. The summed E-state index contributed by atoms with van der Waals surface area (Å²) in [5.74, 6) is 0. The fraction of sp³-hybridized carbons (Fsp3) is 0.273. The molecular formula is C11H12N2O2. The quantitative estimate of drug-likeness (QED) is 0.803. The van der Waals surface area contributed by atoms with Crippen molar-refractivity contribution in [2.24, 2.45) is 0 Å². The van der Waals surface area contributed by atoms with Crippen LogP contribution in [0.2, 0.25) is 0 Å². The van der Waals surface area contributed by atoms with Gasteiger partial charge in [-0.2, -0.15) is 5.10 Å². The van der Waals surface area contributed by atoms with Gasteiger partial charge >= 0.3 is 0 Å². The molecule has 4 heteroatoms. The van der Waals surface area contributed by atoms with E-state index in [4.69, 9.17) is 5.11 Å². The molecule has 0 radical (unpaired) electrons. The molecular weight excluding hydrogens is 192 g/mol. The zero-order valence-corrected chi connectivity index (χ0v) is 8.26. The predicted molar refractivity (Wildman–Crippen MR) is 57.7 cm³/mol. The lowest BCUT2D eigenvalue weighted by Crippen LogP contribution is -2.12. The van der Waals surface area contributed by atoms with E-state index < -0.39 is 0 Å². The first-order valence-electron chi connectivity index (χ1n) is 4.88. The summed E-state index contributed by atoms with van der Waals surface area (Å²) in [5.41, 5.74) is 0.754. The van der Waals surface area contributed by atoms with Gasteiger partial charge in [0.1, 0.15) is 0 Å². The van der Waals surface area contributed by atoms with Crippen LogP contribution in [0, 0.1) is 0 Å². The van der Waals surface area contributed by atoms with Crippen molar-refractivity contribution < 1.29 is 5.11 Å². The molecule has 78 valence electrons. The van der Waals surface area contributed by atoms with E-state index in [1.165, 1.54) is 6.20 Å². The molecule has 0 unspecified atom stereocenters. The zero-order chi connectivity index (χ0) is 10.7. The third-order valence-electron chi connectivity index (χ3n) is 2.29. The van der Waals surface area contributed by atoms with Crippen LogP contribution >= 0.6 is 0 Å². The van der Waals surface area contributed by atoms with Crippen molar-refractivity contribution in [2.45, 2.75) is 13.0 Å². The highest BCUT2D eigenvalue weighted by molar-refractivity contribution is 5.77. The van der Waals surface area contributed by atoms with E-state index in [0.29, 0.717) is 18.4 Å². The molecule has 1 aromatic heterocycles. The van der Waals surface area contributed by atoms with Gasteiger partial charge in [-0.05, 0) is 18.6 Å². The van der Waals surface area contributed by atoms with E-state index >= 15 is 0 Å². The average molecular weight is 204 g/mol. The van der Waals surface area contributed by atoms with Crippen LogP contribution in [-0.2, 0) is 6.54 Å². The lowest BCUT2D eigenvalue weighted by Gasteiger charge is -2.07. The lowest BCUT2D eigenvalue weighted by molar-refractivity contribution is 0.277. The van der Waals surface area contributed by atoms with E-state index in [0.717, 1.165) is 5.52 Å². The van der Waals surface area contributed by atoms with Crippen LogP contribution in [0.5, 0.6) is 0 Å². The lowest BCUT2D eigenvalue weighted by atomic mass is 10.2. The Hall–Kier alpha value is -1.68. The molecule has 4 nitrogen and oxygen atoms in total. The normalized spacial score (nSPS) is 10.7. The average Bonchev–Trinajstić information content (AvgIpc) is 2.29. The number of aliphatic hydroxyl groups is 1. The minimum Gasteiger partial charge on any atom is -0.396 e. The van der Waals surface area contributed by atoms with Crippen molar-refractivity contribution in [2.75, 3.05) is 6.61 Å². The summed E-state index contributed by atoms with van der Waals surface area (Å²) in [5, 5.41) is 13.5. The largest absolute Gasteiger partial charge is 0.396 e. The summed E-state index contributed by atoms with van der Waals surface area (Å²) in [4.78, 5) is 11.5. The van der Waals surface area contributed by atoms with Crippen molar-refractivity contribution in [1.82, 2.24) is 9.78 Å². The smallest absolute Gasteiger partial charge is 0.207 e. The van der Waals surface area contributed by atoms with Gasteiger partial charge in [0.15, 0.2) is 0 Å². The van der Waals surface area contributed by atoms with Gasteiger partial charge in [-0.15, -0.1) is 0 Å². The third-order valence-corrected chi connectivity index (χ3v) is 2.29. The number of aryl methyl sites for hydroxylation is 1. The molecule has 0 amide bonds. The maximum absolute atomic E-state index is 11.5. The van der Waals surface area contributed by atoms with Crippen molar-refractivity contribution in [3.63, 3.8) is 0 Å². The SMILES string of the molecule is O=c1cnn(CCCO)c2ccccc12. The van der Waals surface area contributed by atoms with Gasteiger partial charge in [-0.1, -0.05) is 12.1 Å². The van der Waals surface area contributed by atoms with Crippen LogP contribution in [0.1, 0.15) is 6.42 Å². The summed E-state index contributed by atoms with van der Waals surface area (Å²) >= 11 is 0. The van der Waals surface area contributed by atoms with Crippen LogP contribution in [0.3, 0.4) is 0 Å². The van der Waals surface area contributed by atoms with Crippen LogP contribution in [0.4, 0.5) is 0 Å². The second kappa shape index (κ2) is 4.23. The molecule has 1 N–H and O–H groups in total. The Morgan fingerprint density at radius 1 is 1.33 bits per heavy atom. The molecule has 1 heterocycles. The first-order chi connectivity index (χ1) is 7.33. The predicted octanol–water partition coefficient (Wildman–Crippen LogP) is 0.779. The van der Waals surface area contributed by atoms with Gasteiger partial charge in [-0.3, -0.25) is 9.48 Å². The van der Waals surface area contributed by atoms with Gasteiger partial charge in [0, 0.05) is 18.5 Å². The summed E-state index contributed by atoms with van der Waals surface area (Å²) < 4.78 is 1.74. The number of aromatic nitrogens is 2. The van der Waals surface area contributed by atoms with Gasteiger partial charge < -0.3 is 5.11 Å². The number of para-hydroxylation sites is 1. The number of nitrogens with zero attached hydrogens (tertiary/aromatic N) is 2. The molecule has 0 saturated heterocycles. The van der Waals surface area contributed by atoms with E-state index in [1.807, 2.05) is 18.2 Å². The molecule has 0 fully saturated rings. The maximum Gasteiger partial charge on any atom is 0.207 e. The van der Waals surface area contributed by atoms with E-state index in [1.54, 1.807) is 10.7 Å². The maximum atomic E-state index is 11.5. The summed E-state index contributed by atoms with van der Waals surface area (Å²) in [7, 11) is 0. The molecule has 0 atom stereocenters.